The Balaban J connectivity index is 2.34. The van der Waals surface area contributed by atoms with Gasteiger partial charge in [0.15, 0.2) is 0 Å². The number of carbonyl (C=O) groups excluding carboxylic acids is 2. The molecular formula is C14H13N3O5S. The van der Waals surface area contributed by atoms with Crippen LogP contribution in [0.2, 0.25) is 0 Å². The first-order valence-electron chi connectivity index (χ1n) is 6.32. The third-order valence-electron chi connectivity index (χ3n) is 2.60. The number of alkyl carbamates (subject to hydrolysis) is 1. The van der Waals surface area contributed by atoms with Gasteiger partial charge in [-0.3, -0.25) is 10.1 Å². The van der Waals surface area contributed by atoms with Gasteiger partial charge in [-0.25, -0.2) is 4.79 Å². The lowest BCUT2D eigenvalue weighted by Gasteiger charge is -2.11. The number of carbonyl (C=O) groups is 2. The van der Waals surface area contributed by atoms with E-state index in [0.29, 0.717) is 16.5 Å². The van der Waals surface area contributed by atoms with Crippen LogP contribution < -0.4 is 10.1 Å². The minimum absolute atomic E-state index is 0.0954. The van der Waals surface area contributed by atoms with Crippen molar-refractivity contribution in [1.29, 1.82) is 0 Å². The fraction of sp³-hybridized carbons (Fsp3) is 0.143. The summed E-state index contributed by atoms with van der Waals surface area (Å²) in [6.45, 7) is 0. The Labute approximate surface area is 135 Å². The summed E-state index contributed by atoms with van der Waals surface area (Å²) in [6, 6.07) is 6.77. The van der Waals surface area contributed by atoms with Gasteiger partial charge in [-0.2, -0.15) is 9.36 Å². The van der Waals surface area contributed by atoms with Crippen molar-refractivity contribution in [2.24, 2.45) is 0 Å². The topological polar surface area (TPSA) is 99.6 Å². The van der Waals surface area contributed by atoms with Crippen molar-refractivity contribution < 1.29 is 23.8 Å². The molecule has 9 heteroatoms. The summed E-state index contributed by atoms with van der Waals surface area (Å²) in [7, 11) is 2.55. The van der Waals surface area contributed by atoms with Gasteiger partial charge in [-0.15, -0.1) is 0 Å². The molecule has 0 radical (unpaired) electrons. The van der Waals surface area contributed by atoms with Crippen LogP contribution in [0.4, 0.5) is 4.79 Å². The molecule has 0 spiro atoms. The first kappa shape index (κ1) is 16.4. The maximum atomic E-state index is 12.2. The van der Waals surface area contributed by atoms with E-state index in [9.17, 15) is 9.59 Å². The maximum absolute atomic E-state index is 12.2. The number of imide groups is 1. The molecule has 1 heterocycles. The average Bonchev–Trinajstić information content (AvgIpc) is 3.06. The Morgan fingerprint density at radius 1 is 1.26 bits per heavy atom. The number of ether oxygens (including phenoxy) is 3. The Kier molecular flexibility index (Phi) is 5.64. The summed E-state index contributed by atoms with van der Waals surface area (Å²) >= 11 is 1.07. The Hall–Kier alpha value is -2.94. The summed E-state index contributed by atoms with van der Waals surface area (Å²) < 4.78 is 18.8. The standard InChI is InChI=1S/C14H13N3O5S/c1-20-7-10(12(18)17-13(19)21-2)9-5-3-4-6-11(9)22-14-15-8-16-23-14/h3-8H,1-2H3,(H,17,18,19)/b10-7+. The SMILES string of the molecule is CO/C=C(/C(=O)NC(=O)OC)c1ccccc1Oc1ncns1. The minimum Gasteiger partial charge on any atom is -0.504 e. The van der Waals surface area contributed by atoms with Gasteiger partial charge < -0.3 is 14.2 Å². The van der Waals surface area contributed by atoms with Gasteiger partial charge in [0.25, 0.3) is 11.1 Å². The highest BCUT2D eigenvalue weighted by atomic mass is 32.1. The van der Waals surface area contributed by atoms with Gasteiger partial charge >= 0.3 is 6.09 Å². The summed E-state index contributed by atoms with van der Waals surface area (Å²) in [5.74, 6) is -0.320. The smallest absolute Gasteiger partial charge is 0.413 e. The van der Waals surface area contributed by atoms with Gasteiger partial charge in [0.2, 0.25) is 0 Å². The molecule has 0 bridgehead atoms. The molecule has 2 amide bonds. The van der Waals surface area contributed by atoms with Gasteiger partial charge in [0.05, 0.1) is 26.1 Å². The molecule has 0 atom stereocenters. The van der Waals surface area contributed by atoms with E-state index in [1.807, 2.05) is 0 Å². The minimum atomic E-state index is -0.875. The third-order valence-corrected chi connectivity index (χ3v) is 3.14. The van der Waals surface area contributed by atoms with Crippen molar-refractivity contribution >= 4 is 29.1 Å². The second-order valence-corrected chi connectivity index (χ2v) is 4.76. The summed E-state index contributed by atoms with van der Waals surface area (Å²) in [5.41, 5.74) is 0.518. The van der Waals surface area contributed by atoms with Crippen LogP contribution >= 0.6 is 11.5 Å². The lowest BCUT2D eigenvalue weighted by atomic mass is 10.1. The lowest BCUT2D eigenvalue weighted by Crippen LogP contribution is -2.31. The van der Waals surface area contributed by atoms with Gasteiger partial charge in [-0.05, 0) is 6.07 Å². The van der Waals surface area contributed by atoms with Gasteiger partial charge in [0.1, 0.15) is 12.1 Å². The van der Waals surface area contributed by atoms with E-state index in [1.54, 1.807) is 24.3 Å². The van der Waals surface area contributed by atoms with E-state index in [1.165, 1.54) is 19.7 Å². The van der Waals surface area contributed by atoms with E-state index in [4.69, 9.17) is 9.47 Å². The fourth-order valence-electron chi connectivity index (χ4n) is 1.65. The lowest BCUT2D eigenvalue weighted by molar-refractivity contribution is -0.115. The molecule has 1 N–H and O–H groups in total. The van der Waals surface area contributed by atoms with Crippen molar-refractivity contribution in [3.63, 3.8) is 0 Å². The Morgan fingerprint density at radius 2 is 2.04 bits per heavy atom. The zero-order valence-corrected chi connectivity index (χ0v) is 13.1. The predicted molar refractivity (Wildman–Crippen MR) is 82.0 cm³/mol. The molecular weight excluding hydrogens is 322 g/mol. The largest absolute Gasteiger partial charge is 0.504 e. The van der Waals surface area contributed by atoms with E-state index < -0.39 is 12.0 Å². The molecule has 0 aliphatic heterocycles. The number of hydrogen-bond donors (Lipinski definition) is 1. The molecule has 23 heavy (non-hydrogen) atoms. The molecule has 0 fully saturated rings. The second-order valence-electron chi connectivity index (χ2n) is 4.02. The van der Waals surface area contributed by atoms with Crippen LogP contribution in [-0.2, 0) is 14.3 Å². The number of methoxy groups -OCH3 is 2. The van der Waals surface area contributed by atoms with Crippen molar-refractivity contribution in [3.8, 4) is 10.9 Å². The first-order chi connectivity index (χ1) is 11.2. The van der Waals surface area contributed by atoms with Crippen molar-refractivity contribution in [2.45, 2.75) is 0 Å². The number of nitrogens with zero attached hydrogens (tertiary/aromatic N) is 2. The summed E-state index contributed by atoms with van der Waals surface area (Å²) in [5, 5.41) is 2.39. The molecule has 0 saturated carbocycles. The van der Waals surface area contributed by atoms with E-state index in [2.05, 4.69) is 19.4 Å². The number of aromatic nitrogens is 2. The highest BCUT2D eigenvalue weighted by Gasteiger charge is 2.20. The molecule has 0 aliphatic rings. The highest BCUT2D eigenvalue weighted by Crippen LogP contribution is 2.30. The van der Waals surface area contributed by atoms with Crippen LogP contribution in [-0.4, -0.2) is 35.6 Å². The zero-order chi connectivity index (χ0) is 16.7. The van der Waals surface area contributed by atoms with Crippen LogP contribution in [0.1, 0.15) is 5.56 Å². The molecule has 120 valence electrons. The molecule has 1 aromatic carbocycles. The number of hydrogen-bond acceptors (Lipinski definition) is 8. The normalized spacial score (nSPS) is 10.8. The van der Waals surface area contributed by atoms with Crippen molar-refractivity contribution in [2.75, 3.05) is 14.2 Å². The van der Waals surface area contributed by atoms with E-state index in [0.717, 1.165) is 18.6 Å². The fourth-order valence-corrected chi connectivity index (χ4v) is 2.05. The molecule has 2 rings (SSSR count). The van der Waals surface area contributed by atoms with Crippen LogP contribution in [0, 0.1) is 0 Å². The third kappa shape index (κ3) is 4.27. The molecule has 2 aromatic rings. The van der Waals surface area contributed by atoms with Crippen LogP contribution in [0.15, 0.2) is 36.9 Å². The number of amides is 2. The number of para-hydroxylation sites is 1. The Bertz CT molecular complexity index is 715. The number of rotatable bonds is 5. The average molecular weight is 335 g/mol. The zero-order valence-electron chi connectivity index (χ0n) is 12.3. The molecule has 1 aromatic heterocycles. The second kappa shape index (κ2) is 7.90. The molecule has 0 saturated heterocycles. The van der Waals surface area contributed by atoms with Crippen LogP contribution in [0.3, 0.4) is 0 Å². The Morgan fingerprint density at radius 3 is 2.70 bits per heavy atom. The summed E-state index contributed by atoms with van der Waals surface area (Å²) in [6.07, 6.45) is 1.69. The predicted octanol–water partition coefficient (Wildman–Crippen LogP) is 2.20. The van der Waals surface area contributed by atoms with E-state index >= 15 is 0 Å². The number of benzene rings is 1. The van der Waals surface area contributed by atoms with Gasteiger partial charge in [-0.1, -0.05) is 18.2 Å². The molecule has 0 unspecified atom stereocenters. The quantitative estimate of drug-likeness (QED) is 0.660. The molecule has 8 nitrogen and oxygen atoms in total. The first-order valence-corrected chi connectivity index (χ1v) is 7.09. The van der Waals surface area contributed by atoms with Crippen molar-refractivity contribution in [3.05, 3.63) is 42.4 Å². The van der Waals surface area contributed by atoms with Crippen molar-refractivity contribution in [1.82, 2.24) is 14.7 Å². The van der Waals surface area contributed by atoms with Gasteiger partial charge in [0, 0.05) is 17.1 Å². The highest BCUT2D eigenvalue weighted by molar-refractivity contribution is 7.07. The van der Waals surface area contributed by atoms with Crippen LogP contribution in [0.25, 0.3) is 5.57 Å². The summed E-state index contributed by atoms with van der Waals surface area (Å²) in [4.78, 5) is 27.4. The monoisotopic (exact) mass is 335 g/mol. The molecule has 0 aliphatic carbocycles. The van der Waals surface area contributed by atoms with Crippen LogP contribution in [0.5, 0.6) is 10.9 Å². The number of nitrogens with one attached hydrogen (secondary N) is 1. The maximum Gasteiger partial charge on any atom is 0.413 e. The van der Waals surface area contributed by atoms with E-state index in [-0.39, 0.29) is 5.57 Å².